The molecule has 0 aliphatic carbocycles. The number of pyridine rings is 1. The van der Waals surface area contributed by atoms with Crippen molar-refractivity contribution >= 4 is 11.4 Å². The number of aryl methyl sites for hydroxylation is 2. The summed E-state index contributed by atoms with van der Waals surface area (Å²) in [6.45, 7) is 3.68. The Labute approximate surface area is 161 Å². The summed E-state index contributed by atoms with van der Waals surface area (Å²) in [6.07, 6.45) is 0.410. The summed E-state index contributed by atoms with van der Waals surface area (Å²) in [5, 5.41) is 6.20. The van der Waals surface area contributed by atoms with Gasteiger partial charge in [-0.05, 0) is 55.3 Å². The van der Waals surface area contributed by atoms with Gasteiger partial charge in [-0.2, -0.15) is 5.10 Å². The van der Waals surface area contributed by atoms with Crippen molar-refractivity contribution in [3.05, 3.63) is 99.0 Å². The average molecular weight is 379 g/mol. The molecule has 1 N–H and O–H groups in total. The molecule has 4 rings (SSSR count). The Morgan fingerprint density at radius 3 is 2.46 bits per heavy atom. The fraction of sp³-hybridized carbons (Fsp3) is 0.182. The molecule has 0 spiro atoms. The number of halogens is 2. The van der Waals surface area contributed by atoms with Gasteiger partial charge < -0.3 is 4.98 Å². The van der Waals surface area contributed by atoms with E-state index in [4.69, 9.17) is 0 Å². The minimum absolute atomic E-state index is 0.218. The first-order valence-corrected chi connectivity index (χ1v) is 9.01. The van der Waals surface area contributed by atoms with E-state index in [9.17, 15) is 13.6 Å². The Morgan fingerprint density at radius 1 is 1.07 bits per heavy atom. The van der Waals surface area contributed by atoms with Gasteiger partial charge in [0.05, 0.1) is 23.0 Å². The van der Waals surface area contributed by atoms with Crippen molar-refractivity contribution in [3.63, 3.8) is 0 Å². The van der Waals surface area contributed by atoms with E-state index in [0.29, 0.717) is 23.4 Å². The Kier molecular flexibility index (Phi) is 4.55. The lowest BCUT2D eigenvalue weighted by Gasteiger charge is -2.24. The van der Waals surface area contributed by atoms with Gasteiger partial charge in [0, 0.05) is 12.1 Å². The topological polar surface area (TPSA) is 48.5 Å². The molecule has 0 unspecified atom stereocenters. The summed E-state index contributed by atoms with van der Waals surface area (Å²) >= 11 is 0. The number of hydrogen-bond donors (Lipinski definition) is 1. The standard InChI is InChI=1S/C22H19F2N3O/c1-13-11-14(2)25-22(28)21(13)18-12-20(15-7-9-16(23)10-8-15)27(26-18)19-6-4-3-5-17(19)24/h3-11,20H,12H2,1-2H3,(H,25,28)/t20-/m0/s1. The molecule has 1 aliphatic rings. The van der Waals surface area contributed by atoms with Gasteiger partial charge in [-0.3, -0.25) is 9.80 Å². The Hall–Kier alpha value is -3.28. The van der Waals surface area contributed by atoms with Crippen LogP contribution in [0.2, 0.25) is 0 Å². The summed E-state index contributed by atoms with van der Waals surface area (Å²) < 4.78 is 27.9. The van der Waals surface area contributed by atoms with Crippen LogP contribution in [0.15, 0.2) is 64.5 Å². The number of nitrogens with zero attached hydrogens (tertiary/aromatic N) is 2. The van der Waals surface area contributed by atoms with Gasteiger partial charge in [-0.15, -0.1) is 0 Å². The van der Waals surface area contributed by atoms with Crippen LogP contribution < -0.4 is 10.6 Å². The van der Waals surface area contributed by atoms with E-state index < -0.39 is 5.82 Å². The third-order valence-electron chi connectivity index (χ3n) is 4.92. The maximum absolute atomic E-state index is 14.5. The number of nitrogens with one attached hydrogen (secondary N) is 1. The van der Waals surface area contributed by atoms with Crippen LogP contribution >= 0.6 is 0 Å². The van der Waals surface area contributed by atoms with Crippen LogP contribution in [0.4, 0.5) is 14.5 Å². The molecule has 4 nitrogen and oxygen atoms in total. The van der Waals surface area contributed by atoms with Crippen molar-refractivity contribution in [2.24, 2.45) is 5.10 Å². The summed E-state index contributed by atoms with van der Waals surface area (Å²) in [5.74, 6) is -0.750. The molecule has 1 atom stereocenters. The van der Waals surface area contributed by atoms with E-state index in [2.05, 4.69) is 10.1 Å². The summed E-state index contributed by atoms with van der Waals surface area (Å²) in [4.78, 5) is 15.4. The zero-order valence-corrected chi connectivity index (χ0v) is 15.5. The molecule has 0 radical (unpaired) electrons. The van der Waals surface area contributed by atoms with Gasteiger partial charge in [-0.25, -0.2) is 8.78 Å². The number of hydrogen-bond acceptors (Lipinski definition) is 3. The van der Waals surface area contributed by atoms with Gasteiger partial charge in [0.15, 0.2) is 0 Å². The van der Waals surface area contributed by atoms with Gasteiger partial charge in [0.2, 0.25) is 0 Å². The summed E-state index contributed by atoms with van der Waals surface area (Å²) in [6, 6.07) is 14.0. The first-order chi connectivity index (χ1) is 13.4. The van der Waals surface area contributed by atoms with Crippen LogP contribution in [0.25, 0.3) is 0 Å². The Morgan fingerprint density at radius 2 is 1.79 bits per heavy atom. The van der Waals surface area contributed by atoms with Crippen LogP contribution in [0.1, 0.15) is 34.8 Å². The van der Waals surface area contributed by atoms with E-state index in [-0.39, 0.29) is 17.4 Å². The second-order valence-electron chi connectivity index (χ2n) is 6.95. The molecule has 1 aliphatic heterocycles. The van der Waals surface area contributed by atoms with Gasteiger partial charge in [0.25, 0.3) is 5.56 Å². The smallest absolute Gasteiger partial charge is 0.257 e. The summed E-state index contributed by atoms with van der Waals surface area (Å²) in [5.41, 5.74) is 3.55. The zero-order valence-electron chi connectivity index (χ0n) is 15.5. The summed E-state index contributed by atoms with van der Waals surface area (Å²) in [7, 11) is 0. The lowest BCUT2D eigenvalue weighted by Crippen LogP contribution is -2.20. The number of rotatable bonds is 3. The van der Waals surface area contributed by atoms with Crippen molar-refractivity contribution in [3.8, 4) is 0 Å². The highest BCUT2D eigenvalue weighted by Gasteiger charge is 2.32. The van der Waals surface area contributed by atoms with E-state index in [1.165, 1.54) is 18.2 Å². The zero-order chi connectivity index (χ0) is 19.8. The molecule has 2 heterocycles. The molecule has 0 saturated heterocycles. The molecule has 0 bridgehead atoms. The molecule has 1 aromatic heterocycles. The number of aromatic nitrogens is 1. The molecule has 6 heteroatoms. The SMILES string of the molecule is Cc1cc(C)c(C2=NN(c3ccccc3F)[C@H](c3ccc(F)cc3)C2)c(=O)[nH]1. The van der Waals surface area contributed by atoms with E-state index in [1.807, 2.05) is 19.9 Å². The maximum atomic E-state index is 14.5. The second kappa shape index (κ2) is 7.03. The van der Waals surface area contributed by atoms with Crippen molar-refractivity contribution in [1.29, 1.82) is 0 Å². The quantitative estimate of drug-likeness (QED) is 0.722. The molecule has 142 valence electrons. The van der Waals surface area contributed by atoms with Crippen LogP contribution in [-0.2, 0) is 0 Å². The normalized spacial score (nSPS) is 16.4. The molecule has 2 aromatic carbocycles. The average Bonchev–Trinajstić information content (AvgIpc) is 3.06. The van der Waals surface area contributed by atoms with Crippen molar-refractivity contribution in [1.82, 2.24) is 4.98 Å². The fourth-order valence-corrected chi connectivity index (χ4v) is 3.68. The van der Waals surface area contributed by atoms with Gasteiger partial charge in [-0.1, -0.05) is 24.3 Å². The molecular formula is C22H19F2N3O. The largest absolute Gasteiger partial charge is 0.326 e. The highest BCUT2D eigenvalue weighted by atomic mass is 19.1. The van der Waals surface area contributed by atoms with Crippen molar-refractivity contribution < 1.29 is 8.78 Å². The van der Waals surface area contributed by atoms with Gasteiger partial charge >= 0.3 is 0 Å². The molecule has 0 amide bonds. The second-order valence-corrected chi connectivity index (χ2v) is 6.95. The maximum Gasteiger partial charge on any atom is 0.257 e. The Balaban J connectivity index is 1.84. The number of hydrazone groups is 1. The van der Waals surface area contributed by atoms with Crippen LogP contribution in [0.5, 0.6) is 0 Å². The van der Waals surface area contributed by atoms with Crippen LogP contribution in [0, 0.1) is 25.5 Å². The predicted octanol–water partition coefficient (Wildman–Crippen LogP) is 4.63. The van der Waals surface area contributed by atoms with Crippen molar-refractivity contribution in [2.45, 2.75) is 26.3 Å². The third-order valence-corrected chi connectivity index (χ3v) is 4.92. The predicted molar refractivity (Wildman–Crippen MR) is 106 cm³/mol. The number of aromatic amines is 1. The number of para-hydroxylation sites is 1. The minimum Gasteiger partial charge on any atom is -0.326 e. The molecule has 0 saturated carbocycles. The molecule has 3 aromatic rings. The van der Waals surface area contributed by atoms with Crippen molar-refractivity contribution in [2.75, 3.05) is 5.01 Å². The monoisotopic (exact) mass is 379 g/mol. The number of anilines is 1. The lowest BCUT2D eigenvalue weighted by atomic mass is 9.96. The first-order valence-electron chi connectivity index (χ1n) is 9.01. The highest BCUT2D eigenvalue weighted by Crippen LogP contribution is 2.37. The van der Waals surface area contributed by atoms with E-state index in [0.717, 1.165) is 16.8 Å². The van der Waals surface area contributed by atoms with Gasteiger partial charge in [0.1, 0.15) is 11.6 Å². The Bertz CT molecular complexity index is 1120. The van der Waals surface area contributed by atoms with E-state index in [1.54, 1.807) is 35.3 Å². The molecular weight excluding hydrogens is 360 g/mol. The first kappa shape index (κ1) is 18.1. The number of benzene rings is 2. The third kappa shape index (κ3) is 3.22. The lowest BCUT2D eigenvalue weighted by molar-refractivity contribution is 0.603. The minimum atomic E-state index is -0.408. The van der Waals surface area contributed by atoms with Crippen LogP contribution in [0.3, 0.4) is 0 Å². The fourth-order valence-electron chi connectivity index (χ4n) is 3.68. The number of H-pyrrole nitrogens is 1. The highest BCUT2D eigenvalue weighted by molar-refractivity contribution is 6.04. The van der Waals surface area contributed by atoms with Crippen LogP contribution in [-0.4, -0.2) is 10.7 Å². The van der Waals surface area contributed by atoms with E-state index >= 15 is 0 Å². The molecule has 0 fully saturated rings. The molecule has 28 heavy (non-hydrogen) atoms.